The number of nitrogens with two attached hydrogens (primary N) is 1. The summed E-state index contributed by atoms with van der Waals surface area (Å²) in [7, 11) is -3.91. The van der Waals surface area contributed by atoms with E-state index in [1.54, 1.807) is 32.0 Å². The maximum absolute atomic E-state index is 13.9. The monoisotopic (exact) mass is 613 g/mol. The Morgan fingerprint density at radius 3 is 2.79 bits per heavy atom. The fraction of sp³-hybridized carbons (Fsp3) is 0.600. The van der Waals surface area contributed by atoms with Crippen LogP contribution in [0.5, 0.6) is 5.75 Å². The van der Waals surface area contributed by atoms with Crippen LogP contribution in [-0.4, -0.2) is 71.0 Å². The quantitative estimate of drug-likeness (QED) is 0.427. The largest absolute Gasteiger partial charge is 0.488 e. The lowest BCUT2D eigenvalue weighted by Gasteiger charge is -2.28. The van der Waals surface area contributed by atoms with Crippen molar-refractivity contribution in [1.82, 2.24) is 19.9 Å². The van der Waals surface area contributed by atoms with Gasteiger partial charge in [-0.05, 0) is 57.6 Å². The van der Waals surface area contributed by atoms with Crippen LogP contribution in [0.2, 0.25) is 0 Å². The molecule has 43 heavy (non-hydrogen) atoms. The van der Waals surface area contributed by atoms with Gasteiger partial charge < -0.3 is 25.1 Å². The number of sulfonamides is 1. The van der Waals surface area contributed by atoms with Crippen LogP contribution in [0.15, 0.2) is 34.8 Å². The topological polar surface area (TPSA) is 174 Å². The number of nitrogens with zero attached hydrogens (tertiary/aromatic N) is 2. The highest BCUT2D eigenvalue weighted by atomic mass is 32.2. The molecule has 3 fully saturated rings. The van der Waals surface area contributed by atoms with E-state index in [0.29, 0.717) is 42.0 Å². The number of hydrogen-bond acceptors (Lipinski definition) is 9. The van der Waals surface area contributed by atoms with E-state index >= 15 is 0 Å². The Labute approximate surface area is 250 Å². The van der Waals surface area contributed by atoms with E-state index in [2.05, 4.69) is 15.0 Å². The second kappa shape index (κ2) is 10.9. The van der Waals surface area contributed by atoms with Gasteiger partial charge in [-0.2, -0.15) is 0 Å². The van der Waals surface area contributed by atoms with Crippen molar-refractivity contribution < 1.29 is 32.0 Å². The number of hydrogen-bond donors (Lipinski definition) is 3. The van der Waals surface area contributed by atoms with Crippen LogP contribution in [0.4, 0.5) is 0 Å². The predicted molar refractivity (Wildman–Crippen MR) is 157 cm³/mol. The normalized spacial score (nSPS) is 31.7. The van der Waals surface area contributed by atoms with E-state index in [1.165, 1.54) is 4.90 Å². The minimum Gasteiger partial charge on any atom is -0.488 e. The van der Waals surface area contributed by atoms with Gasteiger partial charge in [-0.3, -0.25) is 19.1 Å². The zero-order valence-electron chi connectivity index (χ0n) is 24.5. The molecule has 4 aliphatic rings. The molecule has 3 heterocycles. The van der Waals surface area contributed by atoms with Crippen molar-refractivity contribution in [1.29, 1.82) is 0 Å². The molecule has 0 radical (unpaired) electrons. The number of fused-ring (bicyclic) bond motifs is 3. The Balaban J connectivity index is 1.25. The maximum atomic E-state index is 13.9. The van der Waals surface area contributed by atoms with Crippen LogP contribution < -0.4 is 20.5 Å². The number of carbonyl (C=O) groups excluding carboxylic acids is 3. The van der Waals surface area contributed by atoms with Gasteiger partial charge in [0.05, 0.1) is 17.3 Å². The van der Waals surface area contributed by atoms with E-state index in [4.69, 9.17) is 14.9 Å². The number of oxazole rings is 1. The summed E-state index contributed by atoms with van der Waals surface area (Å²) < 4.78 is 38.9. The molecule has 0 spiro atoms. The van der Waals surface area contributed by atoms with Crippen LogP contribution in [0, 0.1) is 12.8 Å². The number of rotatable bonds is 5. The lowest BCUT2D eigenvalue weighted by Crippen LogP contribution is -2.58. The van der Waals surface area contributed by atoms with E-state index < -0.39 is 50.3 Å². The zero-order chi connectivity index (χ0) is 30.6. The lowest BCUT2D eigenvalue weighted by atomic mass is 10.1. The molecule has 5 atom stereocenters. The molecule has 2 aliphatic heterocycles. The van der Waals surface area contributed by atoms with Gasteiger partial charge in [0.15, 0.2) is 11.5 Å². The number of benzene rings is 1. The highest BCUT2D eigenvalue weighted by Crippen LogP contribution is 2.47. The number of carbonyl (C=O) groups is 3. The molecular formula is C30H39N5O7S. The van der Waals surface area contributed by atoms with Gasteiger partial charge in [0, 0.05) is 25.3 Å². The second-order valence-electron chi connectivity index (χ2n) is 12.7. The molecule has 3 amide bonds. The molecule has 0 unspecified atom stereocenters. The Morgan fingerprint density at radius 1 is 1.23 bits per heavy atom. The van der Waals surface area contributed by atoms with E-state index in [0.717, 1.165) is 25.7 Å². The first-order valence-corrected chi connectivity index (χ1v) is 16.5. The highest BCUT2D eigenvalue weighted by Gasteiger charge is 2.63. The minimum atomic E-state index is -3.91. The SMILES string of the molecule is Cc1nc2cc(O[C@@H]3C[C@H]4C(=O)N[C@]5(C(=O)NS(=O)(=O)C6(C)CC6)C[C@@H]5/C=C\CCCCC[C@H](N)C(=O)N4C3)ccc2o1. The number of ether oxygens (including phenoxy) is 1. The van der Waals surface area contributed by atoms with Crippen molar-refractivity contribution in [3.05, 3.63) is 36.2 Å². The van der Waals surface area contributed by atoms with Crippen molar-refractivity contribution in [2.75, 3.05) is 6.54 Å². The molecule has 1 aromatic heterocycles. The smallest absolute Gasteiger partial charge is 0.259 e. The van der Waals surface area contributed by atoms with Gasteiger partial charge in [0.25, 0.3) is 5.91 Å². The number of amides is 3. The average Bonchev–Trinajstić information content (AvgIpc) is 3.77. The van der Waals surface area contributed by atoms with Gasteiger partial charge in [-0.15, -0.1) is 0 Å². The summed E-state index contributed by atoms with van der Waals surface area (Å²) in [6.07, 6.45) is 8.55. The van der Waals surface area contributed by atoms with Crippen molar-refractivity contribution in [2.45, 2.75) is 100 Å². The lowest BCUT2D eigenvalue weighted by molar-refractivity contribution is -0.140. The summed E-state index contributed by atoms with van der Waals surface area (Å²) >= 11 is 0. The number of nitrogens with one attached hydrogen (secondary N) is 2. The van der Waals surface area contributed by atoms with Crippen LogP contribution in [0.3, 0.4) is 0 Å². The van der Waals surface area contributed by atoms with Crippen LogP contribution in [0.1, 0.15) is 70.6 Å². The van der Waals surface area contributed by atoms with Crippen molar-refractivity contribution >= 4 is 38.8 Å². The Bertz CT molecular complexity index is 1580. The third-order valence-corrected chi connectivity index (χ3v) is 11.4. The molecule has 1 aromatic carbocycles. The molecule has 4 N–H and O–H groups in total. The van der Waals surface area contributed by atoms with Crippen LogP contribution >= 0.6 is 0 Å². The van der Waals surface area contributed by atoms with Crippen molar-refractivity contribution in [3.8, 4) is 5.75 Å². The first-order valence-electron chi connectivity index (χ1n) is 15.1. The van der Waals surface area contributed by atoms with Gasteiger partial charge in [0.1, 0.15) is 29.0 Å². The third kappa shape index (κ3) is 5.76. The standard InChI is InChI=1S/C30H39N5O7S/c1-18-32-23-14-20(10-11-25(23)41-18)42-21-15-24-26(36)33-30(28(38)34-43(39,40)29(2)12-13-29)16-19(30)8-6-4-3-5-7-9-22(31)27(37)35(24)17-21/h6,8,10-11,14,19,21-22,24H,3-5,7,9,12-13,15-17,31H2,1-2H3,(H,33,36)(H,34,38)/b8-6-/t19-,21+,22-,24-,30+/m0/s1. The minimum absolute atomic E-state index is 0.135. The number of aromatic nitrogens is 1. The molecule has 12 nitrogen and oxygen atoms in total. The summed E-state index contributed by atoms with van der Waals surface area (Å²) in [5.41, 5.74) is 6.16. The maximum Gasteiger partial charge on any atom is 0.259 e. The third-order valence-electron chi connectivity index (χ3n) is 9.28. The fourth-order valence-corrected chi connectivity index (χ4v) is 7.44. The van der Waals surface area contributed by atoms with Gasteiger partial charge >= 0.3 is 0 Å². The van der Waals surface area contributed by atoms with Crippen molar-refractivity contribution in [2.24, 2.45) is 11.7 Å². The van der Waals surface area contributed by atoms with E-state index in [1.807, 2.05) is 12.2 Å². The highest BCUT2D eigenvalue weighted by molar-refractivity contribution is 7.91. The summed E-state index contributed by atoms with van der Waals surface area (Å²) in [5.74, 6) is -0.943. The first kappa shape index (κ1) is 29.6. The van der Waals surface area contributed by atoms with Gasteiger partial charge in [-0.1, -0.05) is 25.0 Å². The van der Waals surface area contributed by atoms with Crippen molar-refractivity contribution in [3.63, 3.8) is 0 Å². The molecule has 0 bridgehead atoms. The zero-order valence-corrected chi connectivity index (χ0v) is 25.3. The van der Waals surface area contributed by atoms with E-state index in [-0.39, 0.29) is 31.2 Å². The Hall–Kier alpha value is -3.45. The number of aryl methyl sites for hydroxylation is 1. The molecular weight excluding hydrogens is 574 g/mol. The molecule has 13 heteroatoms. The first-order chi connectivity index (χ1) is 20.4. The van der Waals surface area contributed by atoms with Crippen LogP contribution in [0.25, 0.3) is 11.1 Å². The molecule has 1 saturated heterocycles. The molecule has 2 saturated carbocycles. The second-order valence-corrected chi connectivity index (χ2v) is 14.9. The van der Waals surface area contributed by atoms with Gasteiger partial charge in [-0.25, -0.2) is 13.4 Å². The summed E-state index contributed by atoms with van der Waals surface area (Å²) in [6.45, 7) is 3.49. The molecule has 232 valence electrons. The summed E-state index contributed by atoms with van der Waals surface area (Å²) in [6, 6.07) is 3.53. The van der Waals surface area contributed by atoms with E-state index in [9.17, 15) is 22.8 Å². The summed E-state index contributed by atoms with van der Waals surface area (Å²) in [4.78, 5) is 46.8. The average molecular weight is 614 g/mol. The van der Waals surface area contributed by atoms with Crippen LogP contribution in [-0.2, 0) is 24.4 Å². The fourth-order valence-electron chi connectivity index (χ4n) is 6.13. The molecule has 6 rings (SSSR count). The van der Waals surface area contributed by atoms with Gasteiger partial charge in [0.2, 0.25) is 21.8 Å². The molecule has 2 aliphatic carbocycles. The predicted octanol–water partition coefficient (Wildman–Crippen LogP) is 2.21. The summed E-state index contributed by atoms with van der Waals surface area (Å²) in [5, 5.41) is 2.87. The Morgan fingerprint density at radius 2 is 2.02 bits per heavy atom. The number of allylic oxidation sites excluding steroid dienone is 1. The molecule has 2 aromatic rings. The Kier molecular flexibility index (Phi) is 7.52.